The van der Waals surface area contributed by atoms with Crippen LogP contribution in [0, 0.1) is 11.3 Å². The SMILES string of the molecule is CC(CC(N)c1ccc2c(c1)OCCCO2)CC(C)(C)C. The van der Waals surface area contributed by atoms with Crippen LogP contribution in [0.1, 0.15) is 58.6 Å². The largest absolute Gasteiger partial charge is 0.490 e. The van der Waals surface area contributed by atoms with Gasteiger partial charge in [0.05, 0.1) is 13.2 Å². The topological polar surface area (TPSA) is 44.5 Å². The van der Waals surface area contributed by atoms with Crippen LogP contribution in [0.15, 0.2) is 18.2 Å². The van der Waals surface area contributed by atoms with Gasteiger partial charge < -0.3 is 15.2 Å². The minimum Gasteiger partial charge on any atom is -0.490 e. The number of hydrogen-bond acceptors (Lipinski definition) is 3. The number of hydrogen-bond donors (Lipinski definition) is 1. The number of ether oxygens (including phenoxy) is 2. The highest BCUT2D eigenvalue weighted by Crippen LogP contribution is 2.34. The molecule has 1 aromatic carbocycles. The summed E-state index contributed by atoms with van der Waals surface area (Å²) in [5.74, 6) is 2.28. The van der Waals surface area contributed by atoms with E-state index in [-0.39, 0.29) is 6.04 Å². The first-order valence-electron chi connectivity index (χ1n) is 8.00. The van der Waals surface area contributed by atoms with Gasteiger partial charge in [-0.1, -0.05) is 33.8 Å². The maximum absolute atomic E-state index is 6.39. The average Bonchev–Trinajstić information content (AvgIpc) is 2.60. The Labute approximate surface area is 128 Å². The van der Waals surface area contributed by atoms with Crippen LogP contribution >= 0.6 is 0 Å². The predicted molar refractivity (Wildman–Crippen MR) is 86.8 cm³/mol. The van der Waals surface area contributed by atoms with E-state index >= 15 is 0 Å². The van der Waals surface area contributed by atoms with E-state index in [1.54, 1.807) is 0 Å². The fourth-order valence-electron chi connectivity index (χ4n) is 3.11. The zero-order valence-electron chi connectivity index (χ0n) is 13.8. The van der Waals surface area contributed by atoms with Gasteiger partial charge >= 0.3 is 0 Å². The fraction of sp³-hybridized carbons (Fsp3) is 0.667. The highest BCUT2D eigenvalue weighted by molar-refractivity contribution is 5.44. The summed E-state index contributed by atoms with van der Waals surface area (Å²) in [4.78, 5) is 0. The summed E-state index contributed by atoms with van der Waals surface area (Å²) >= 11 is 0. The smallest absolute Gasteiger partial charge is 0.161 e. The molecule has 0 bridgehead atoms. The van der Waals surface area contributed by atoms with Gasteiger partial charge in [-0.25, -0.2) is 0 Å². The van der Waals surface area contributed by atoms with E-state index in [4.69, 9.17) is 15.2 Å². The zero-order valence-corrected chi connectivity index (χ0v) is 13.8. The van der Waals surface area contributed by atoms with Crippen molar-refractivity contribution in [2.45, 2.75) is 53.0 Å². The molecule has 3 heteroatoms. The first-order valence-corrected chi connectivity index (χ1v) is 8.00. The Hall–Kier alpha value is -1.22. The monoisotopic (exact) mass is 291 g/mol. The molecule has 2 unspecified atom stereocenters. The van der Waals surface area contributed by atoms with Gasteiger partial charge in [0.2, 0.25) is 0 Å². The molecule has 3 nitrogen and oxygen atoms in total. The molecule has 0 aliphatic carbocycles. The van der Waals surface area contributed by atoms with E-state index < -0.39 is 0 Å². The molecular formula is C18H29NO2. The van der Waals surface area contributed by atoms with E-state index in [1.807, 2.05) is 6.07 Å². The van der Waals surface area contributed by atoms with E-state index in [0.717, 1.165) is 36.5 Å². The van der Waals surface area contributed by atoms with Crippen molar-refractivity contribution in [2.75, 3.05) is 13.2 Å². The van der Waals surface area contributed by atoms with E-state index in [9.17, 15) is 0 Å². The minimum absolute atomic E-state index is 0.0551. The van der Waals surface area contributed by atoms with Crippen LogP contribution in [0.25, 0.3) is 0 Å². The van der Waals surface area contributed by atoms with Crippen LogP contribution in [0.2, 0.25) is 0 Å². The molecule has 0 radical (unpaired) electrons. The fourth-order valence-corrected chi connectivity index (χ4v) is 3.11. The summed E-state index contributed by atoms with van der Waals surface area (Å²) < 4.78 is 11.4. The molecule has 2 rings (SSSR count). The first kappa shape index (κ1) is 16.2. The van der Waals surface area contributed by atoms with Crippen LogP contribution in [-0.2, 0) is 0 Å². The van der Waals surface area contributed by atoms with Crippen LogP contribution < -0.4 is 15.2 Å². The van der Waals surface area contributed by atoms with Crippen molar-refractivity contribution in [1.29, 1.82) is 0 Å². The molecule has 1 heterocycles. The lowest BCUT2D eigenvalue weighted by atomic mass is 9.82. The number of fused-ring (bicyclic) bond motifs is 1. The second-order valence-corrected chi connectivity index (χ2v) is 7.47. The molecule has 0 saturated heterocycles. The molecule has 0 saturated carbocycles. The van der Waals surface area contributed by atoms with Gasteiger partial charge in [0.15, 0.2) is 11.5 Å². The van der Waals surface area contributed by atoms with Crippen LogP contribution in [0.3, 0.4) is 0 Å². The molecule has 118 valence electrons. The van der Waals surface area contributed by atoms with Crippen molar-refractivity contribution in [1.82, 2.24) is 0 Å². The summed E-state index contributed by atoms with van der Waals surface area (Å²) in [7, 11) is 0. The minimum atomic E-state index is 0.0551. The van der Waals surface area contributed by atoms with Gasteiger partial charge in [-0.2, -0.15) is 0 Å². The molecule has 21 heavy (non-hydrogen) atoms. The van der Waals surface area contributed by atoms with Crippen molar-refractivity contribution >= 4 is 0 Å². The lowest BCUT2D eigenvalue weighted by Gasteiger charge is -2.25. The summed E-state index contributed by atoms with van der Waals surface area (Å²) in [6.45, 7) is 10.6. The lowest BCUT2D eigenvalue weighted by Crippen LogP contribution is -2.18. The molecule has 2 N–H and O–H groups in total. The lowest BCUT2D eigenvalue weighted by molar-refractivity contribution is 0.286. The van der Waals surface area contributed by atoms with Crippen molar-refractivity contribution in [3.63, 3.8) is 0 Å². The quantitative estimate of drug-likeness (QED) is 0.899. The molecule has 1 aliphatic rings. The Kier molecular flexibility index (Phi) is 5.15. The Morgan fingerprint density at radius 2 is 1.81 bits per heavy atom. The van der Waals surface area contributed by atoms with Gasteiger partial charge in [-0.05, 0) is 41.9 Å². The maximum atomic E-state index is 6.39. The second kappa shape index (κ2) is 6.69. The average molecular weight is 291 g/mol. The van der Waals surface area contributed by atoms with E-state index in [0.29, 0.717) is 17.9 Å². The summed E-state index contributed by atoms with van der Waals surface area (Å²) in [6, 6.07) is 6.17. The molecular weight excluding hydrogens is 262 g/mol. The third-order valence-electron chi connectivity index (χ3n) is 3.82. The van der Waals surface area contributed by atoms with E-state index in [2.05, 4.69) is 39.8 Å². The van der Waals surface area contributed by atoms with Crippen molar-refractivity contribution < 1.29 is 9.47 Å². The molecule has 1 aliphatic heterocycles. The van der Waals surface area contributed by atoms with Crippen LogP contribution in [-0.4, -0.2) is 13.2 Å². The standard InChI is InChI=1S/C18H29NO2/c1-13(12-18(2,3)4)10-15(19)14-6-7-16-17(11-14)21-9-5-8-20-16/h6-7,11,13,15H,5,8-10,12,19H2,1-4H3. The van der Waals surface area contributed by atoms with Gasteiger partial charge in [0.1, 0.15) is 0 Å². The maximum Gasteiger partial charge on any atom is 0.161 e. The molecule has 0 aromatic heterocycles. The van der Waals surface area contributed by atoms with Crippen molar-refractivity contribution in [3.8, 4) is 11.5 Å². The Morgan fingerprint density at radius 3 is 2.48 bits per heavy atom. The van der Waals surface area contributed by atoms with Gasteiger partial charge in [-0.15, -0.1) is 0 Å². The third kappa shape index (κ3) is 4.92. The van der Waals surface area contributed by atoms with Crippen molar-refractivity contribution in [2.24, 2.45) is 17.1 Å². The van der Waals surface area contributed by atoms with E-state index in [1.165, 1.54) is 6.42 Å². The Morgan fingerprint density at radius 1 is 1.14 bits per heavy atom. The van der Waals surface area contributed by atoms with Crippen LogP contribution in [0.4, 0.5) is 0 Å². The number of benzene rings is 1. The Bertz CT molecular complexity index is 465. The highest BCUT2D eigenvalue weighted by atomic mass is 16.5. The third-order valence-corrected chi connectivity index (χ3v) is 3.82. The number of nitrogens with two attached hydrogens (primary N) is 1. The van der Waals surface area contributed by atoms with Gasteiger partial charge in [0, 0.05) is 12.5 Å². The van der Waals surface area contributed by atoms with Gasteiger partial charge in [0.25, 0.3) is 0 Å². The molecule has 0 amide bonds. The zero-order chi connectivity index (χ0) is 15.5. The molecule has 0 spiro atoms. The first-order chi connectivity index (χ1) is 9.85. The summed E-state index contributed by atoms with van der Waals surface area (Å²) in [5.41, 5.74) is 7.88. The van der Waals surface area contributed by atoms with Crippen LogP contribution in [0.5, 0.6) is 11.5 Å². The highest BCUT2D eigenvalue weighted by Gasteiger charge is 2.19. The number of rotatable bonds is 4. The summed E-state index contributed by atoms with van der Waals surface area (Å²) in [5, 5.41) is 0. The van der Waals surface area contributed by atoms with Crippen molar-refractivity contribution in [3.05, 3.63) is 23.8 Å². The van der Waals surface area contributed by atoms with Gasteiger partial charge in [-0.3, -0.25) is 0 Å². The predicted octanol–water partition coefficient (Wildman–Crippen LogP) is 4.31. The Balaban J connectivity index is 2.02. The molecule has 2 atom stereocenters. The normalized spacial score (nSPS) is 18.0. The molecule has 0 fully saturated rings. The summed E-state index contributed by atoms with van der Waals surface area (Å²) in [6.07, 6.45) is 3.11. The second-order valence-electron chi connectivity index (χ2n) is 7.47. The molecule has 1 aromatic rings.